The molecule has 0 saturated carbocycles. The largest absolute Gasteiger partial charge is 0.478 e. The van der Waals surface area contributed by atoms with Crippen molar-refractivity contribution >= 4 is 18.1 Å². The molecule has 0 aliphatic rings. The Hall–Kier alpha value is -2.03. The number of benzene rings is 1. The standard InChI is InChI=1S/C11H11NO2/c12-8-7-10-4-2-1-3-9(10)5-6-11(13)14/h1-8H,12H2,(H,13,14)/b6-5+,8-7+. The Balaban J connectivity index is 3.01. The highest BCUT2D eigenvalue weighted by molar-refractivity contribution is 5.86. The van der Waals surface area contributed by atoms with E-state index in [1.54, 1.807) is 6.08 Å². The Morgan fingerprint density at radius 3 is 2.29 bits per heavy atom. The minimum absolute atomic E-state index is 0.830. The SMILES string of the molecule is N/C=C/c1ccccc1/C=C/C(=O)O. The number of hydrogen-bond donors (Lipinski definition) is 2. The molecule has 3 heteroatoms. The van der Waals surface area contributed by atoms with Crippen LogP contribution in [0.4, 0.5) is 0 Å². The van der Waals surface area contributed by atoms with Gasteiger partial charge in [0, 0.05) is 6.08 Å². The van der Waals surface area contributed by atoms with Gasteiger partial charge in [0.15, 0.2) is 0 Å². The molecule has 0 spiro atoms. The number of nitrogens with two attached hydrogens (primary N) is 1. The molecule has 0 saturated heterocycles. The fourth-order valence-corrected chi connectivity index (χ4v) is 1.08. The van der Waals surface area contributed by atoms with Gasteiger partial charge in [0.1, 0.15) is 0 Å². The van der Waals surface area contributed by atoms with Crippen LogP contribution in [-0.4, -0.2) is 11.1 Å². The van der Waals surface area contributed by atoms with Gasteiger partial charge < -0.3 is 10.8 Å². The van der Waals surface area contributed by atoms with Crippen LogP contribution in [0.1, 0.15) is 11.1 Å². The Bertz CT molecular complexity index is 381. The van der Waals surface area contributed by atoms with E-state index >= 15 is 0 Å². The van der Waals surface area contributed by atoms with Crippen molar-refractivity contribution in [2.45, 2.75) is 0 Å². The molecule has 0 bridgehead atoms. The zero-order chi connectivity index (χ0) is 10.4. The summed E-state index contributed by atoms with van der Waals surface area (Å²) in [6, 6.07) is 7.41. The second-order valence-corrected chi connectivity index (χ2v) is 2.66. The summed E-state index contributed by atoms with van der Waals surface area (Å²) in [7, 11) is 0. The molecule has 0 radical (unpaired) electrons. The fourth-order valence-electron chi connectivity index (χ4n) is 1.08. The van der Waals surface area contributed by atoms with Crippen LogP contribution >= 0.6 is 0 Å². The molecule has 0 aliphatic carbocycles. The van der Waals surface area contributed by atoms with Crippen LogP contribution in [0.3, 0.4) is 0 Å². The molecule has 0 aliphatic heterocycles. The lowest BCUT2D eigenvalue weighted by Gasteiger charge is -1.98. The van der Waals surface area contributed by atoms with E-state index in [-0.39, 0.29) is 0 Å². The molecule has 0 fully saturated rings. The topological polar surface area (TPSA) is 63.3 Å². The Labute approximate surface area is 82.2 Å². The van der Waals surface area contributed by atoms with Crippen molar-refractivity contribution in [3.05, 3.63) is 47.7 Å². The van der Waals surface area contributed by atoms with Gasteiger partial charge >= 0.3 is 5.97 Å². The van der Waals surface area contributed by atoms with Gasteiger partial charge in [-0.3, -0.25) is 0 Å². The van der Waals surface area contributed by atoms with Gasteiger partial charge in [-0.1, -0.05) is 24.3 Å². The van der Waals surface area contributed by atoms with Gasteiger partial charge in [0.2, 0.25) is 0 Å². The third-order valence-electron chi connectivity index (χ3n) is 1.68. The van der Waals surface area contributed by atoms with Crippen molar-refractivity contribution in [3.63, 3.8) is 0 Å². The third kappa shape index (κ3) is 2.79. The van der Waals surface area contributed by atoms with Gasteiger partial charge in [0.05, 0.1) is 0 Å². The number of hydrogen-bond acceptors (Lipinski definition) is 2. The molecule has 1 aromatic rings. The second-order valence-electron chi connectivity index (χ2n) is 2.66. The van der Waals surface area contributed by atoms with E-state index in [9.17, 15) is 4.79 Å². The monoisotopic (exact) mass is 189 g/mol. The van der Waals surface area contributed by atoms with Crippen molar-refractivity contribution in [1.29, 1.82) is 0 Å². The maximum Gasteiger partial charge on any atom is 0.328 e. The van der Waals surface area contributed by atoms with E-state index in [0.717, 1.165) is 17.2 Å². The first-order chi connectivity index (χ1) is 6.74. The van der Waals surface area contributed by atoms with Gasteiger partial charge in [0.25, 0.3) is 0 Å². The lowest BCUT2D eigenvalue weighted by molar-refractivity contribution is -0.131. The highest BCUT2D eigenvalue weighted by atomic mass is 16.4. The lowest BCUT2D eigenvalue weighted by atomic mass is 10.1. The average molecular weight is 189 g/mol. The van der Waals surface area contributed by atoms with Crippen LogP contribution in [0.2, 0.25) is 0 Å². The number of carboxylic acids is 1. The van der Waals surface area contributed by atoms with E-state index in [1.807, 2.05) is 24.3 Å². The van der Waals surface area contributed by atoms with Gasteiger partial charge in [-0.2, -0.15) is 0 Å². The second kappa shape index (κ2) is 4.87. The first-order valence-electron chi connectivity index (χ1n) is 4.12. The van der Waals surface area contributed by atoms with Crippen molar-refractivity contribution in [2.24, 2.45) is 5.73 Å². The van der Waals surface area contributed by atoms with Crippen LogP contribution in [-0.2, 0) is 4.79 Å². The molecule has 72 valence electrons. The molecule has 14 heavy (non-hydrogen) atoms. The van der Waals surface area contributed by atoms with E-state index in [2.05, 4.69) is 0 Å². The summed E-state index contributed by atoms with van der Waals surface area (Å²) in [5.41, 5.74) is 6.99. The molecule has 1 aromatic carbocycles. The predicted octanol–water partition coefficient (Wildman–Crippen LogP) is 1.71. The average Bonchev–Trinajstić information content (AvgIpc) is 2.17. The van der Waals surface area contributed by atoms with E-state index in [4.69, 9.17) is 10.8 Å². The molecule has 0 unspecified atom stereocenters. The quantitative estimate of drug-likeness (QED) is 0.711. The summed E-state index contributed by atoms with van der Waals surface area (Å²) in [4.78, 5) is 10.3. The maximum absolute atomic E-state index is 10.3. The first-order valence-corrected chi connectivity index (χ1v) is 4.12. The molecule has 0 aromatic heterocycles. The summed E-state index contributed by atoms with van der Waals surface area (Å²) in [6.45, 7) is 0. The molecule has 3 nitrogen and oxygen atoms in total. The van der Waals surface area contributed by atoms with E-state index in [1.165, 1.54) is 12.3 Å². The molecule has 0 atom stereocenters. The molecule has 1 rings (SSSR count). The molecule has 0 heterocycles. The van der Waals surface area contributed by atoms with E-state index in [0.29, 0.717) is 0 Å². The van der Waals surface area contributed by atoms with Crippen molar-refractivity contribution in [1.82, 2.24) is 0 Å². The lowest BCUT2D eigenvalue weighted by Crippen LogP contribution is -1.87. The third-order valence-corrected chi connectivity index (χ3v) is 1.68. The normalized spacial score (nSPS) is 11.1. The minimum Gasteiger partial charge on any atom is -0.478 e. The zero-order valence-corrected chi connectivity index (χ0v) is 7.55. The number of carbonyl (C=O) groups is 1. The van der Waals surface area contributed by atoms with Crippen LogP contribution in [0.15, 0.2) is 36.5 Å². The molecule has 3 N–H and O–H groups in total. The Kier molecular flexibility index (Phi) is 3.49. The highest BCUT2D eigenvalue weighted by Crippen LogP contribution is 2.11. The van der Waals surface area contributed by atoms with Crippen molar-refractivity contribution in [3.8, 4) is 0 Å². The van der Waals surface area contributed by atoms with Crippen molar-refractivity contribution in [2.75, 3.05) is 0 Å². The number of rotatable bonds is 3. The smallest absolute Gasteiger partial charge is 0.328 e. The molecular formula is C11H11NO2. The number of carboxylic acid groups (broad SMARTS) is 1. The Morgan fingerprint density at radius 2 is 1.79 bits per heavy atom. The van der Waals surface area contributed by atoms with Crippen LogP contribution in [0, 0.1) is 0 Å². The van der Waals surface area contributed by atoms with Gasteiger partial charge in [-0.05, 0) is 29.5 Å². The van der Waals surface area contributed by atoms with Gasteiger partial charge in [-0.25, -0.2) is 4.79 Å². The van der Waals surface area contributed by atoms with E-state index < -0.39 is 5.97 Å². The van der Waals surface area contributed by atoms with Crippen LogP contribution < -0.4 is 5.73 Å². The van der Waals surface area contributed by atoms with Gasteiger partial charge in [-0.15, -0.1) is 0 Å². The summed E-state index contributed by atoms with van der Waals surface area (Å²) in [6.07, 6.45) is 5.79. The predicted molar refractivity (Wildman–Crippen MR) is 56.3 cm³/mol. The summed E-state index contributed by atoms with van der Waals surface area (Å²) < 4.78 is 0. The summed E-state index contributed by atoms with van der Waals surface area (Å²) >= 11 is 0. The fraction of sp³-hybridized carbons (Fsp3) is 0. The van der Waals surface area contributed by atoms with Crippen molar-refractivity contribution < 1.29 is 9.90 Å². The number of aliphatic carboxylic acids is 1. The first kappa shape index (κ1) is 10.1. The molecule has 0 amide bonds. The summed E-state index contributed by atoms with van der Waals surface area (Å²) in [5, 5.41) is 8.47. The minimum atomic E-state index is -0.962. The van der Waals surface area contributed by atoms with Crippen LogP contribution in [0.25, 0.3) is 12.2 Å². The Morgan fingerprint density at radius 1 is 1.21 bits per heavy atom. The maximum atomic E-state index is 10.3. The summed E-state index contributed by atoms with van der Waals surface area (Å²) in [5.74, 6) is -0.962. The highest BCUT2D eigenvalue weighted by Gasteiger charge is 1.94. The molecular weight excluding hydrogens is 178 g/mol. The van der Waals surface area contributed by atoms with Crippen LogP contribution in [0.5, 0.6) is 0 Å². The zero-order valence-electron chi connectivity index (χ0n) is 7.55.